The molecule has 0 N–H and O–H groups in total. The normalized spacial score (nSPS) is 16.7. The van der Waals surface area contributed by atoms with E-state index in [9.17, 15) is 0 Å². The summed E-state index contributed by atoms with van der Waals surface area (Å²) in [4.78, 5) is 0. The summed E-state index contributed by atoms with van der Waals surface area (Å²) in [6.07, 6.45) is 13.3. The number of rotatable bonds is 13. The molecule has 2 radical (unpaired) electrons. The van der Waals surface area contributed by atoms with Gasteiger partial charge in [-0.15, -0.1) is 0 Å². The van der Waals surface area contributed by atoms with Gasteiger partial charge in [0.05, 0.1) is 7.85 Å². The number of hydrogen-bond donors (Lipinski definition) is 0. The van der Waals surface area contributed by atoms with Crippen molar-refractivity contribution in [3.8, 4) is 0 Å². The molecule has 0 aromatic heterocycles. The Kier molecular flexibility index (Phi) is 11.4. The van der Waals surface area contributed by atoms with Crippen LogP contribution in [0.3, 0.4) is 0 Å². The third-order valence-electron chi connectivity index (χ3n) is 5.57. The Morgan fingerprint density at radius 2 is 1.57 bits per heavy atom. The van der Waals surface area contributed by atoms with Crippen LogP contribution in [-0.4, -0.2) is 13.2 Å². The molecule has 21 heavy (non-hydrogen) atoms. The highest BCUT2D eigenvalue weighted by Crippen LogP contribution is 2.50. The molecule has 0 spiro atoms. The fourth-order valence-corrected chi connectivity index (χ4v) is 3.53. The van der Waals surface area contributed by atoms with Gasteiger partial charge in [0.15, 0.2) is 0 Å². The molecular weight excluding hydrogens is 319 g/mol. The minimum absolute atomic E-state index is 0.0823. The second-order valence-corrected chi connectivity index (χ2v) is 8.53. The maximum atomic E-state index is 6.53. The van der Waals surface area contributed by atoms with E-state index in [0.29, 0.717) is 0 Å². The highest BCUT2D eigenvalue weighted by atomic mass is 79.9. The van der Waals surface area contributed by atoms with Gasteiger partial charge in [0.1, 0.15) is 0 Å². The number of hydrogen-bond acceptors (Lipinski definition) is 0. The molecule has 0 saturated heterocycles. The number of unbranched alkanes of at least 4 members (excludes halogenated alkanes) is 3. The van der Waals surface area contributed by atoms with Crippen LogP contribution in [0.2, 0.25) is 5.31 Å². The Morgan fingerprint density at radius 1 is 0.905 bits per heavy atom. The predicted molar refractivity (Wildman–Crippen MR) is 103 cm³/mol. The molecule has 0 aliphatic rings. The van der Waals surface area contributed by atoms with Crippen LogP contribution in [0, 0.1) is 11.3 Å². The standard InChI is InChI=1S/C19H38BBr/c1-6-8-9-12-17(7-2)13-15-19(5,18(3,4)20)14-10-11-16-21/h17H,6-16H2,1-5H3. The van der Waals surface area contributed by atoms with Crippen LogP contribution in [0.5, 0.6) is 0 Å². The first-order valence-electron chi connectivity index (χ1n) is 9.15. The second kappa shape index (κ2) is 11.1. The van der Waals surface area contributed by atoms with Crippen molar-refractivity contribution in [2.45, 2.75) is 104 Å². The topological polar surface area (TPSA) is 0 Å². The monoisotopic (exact) mass is 356 g/mol. The maximum Gasteiger partial charge on any atom is 0.0746 e. The Bertz CT molecular complexity index is 246. The van der Waals surface area contributed by atoms with E-state index in [2.05, 4.69) is 50.5 Å². The van der Waals surface area contributed by atoms with Crippen LogP contribution in [0.25, 0.3) is 0 Å². The molecule has 0 amide bonds. The molecule has 0 aromatic carbocycles. The molecule has 0 rings (SSSR count). The molecule has 0 aromatic rings. The van der Waals surface area contributed by atoms with Crippen molar-refractivity contribution >= 4 is 23.8 Å². The summed E-state index contributed by atoms with van der Waals surface area (Å²) in [6, 6.07) is 0. The summed E-state index contributed by atoms with van der Waals surface area (Å²) in [5, 5.41) is 1.03. The van der Waals surface area contributed by atoms with E-state index >= 15 is 0 Å². The van der Waals surface area contributed by atoms with E-state index in [1.165, 1.54) is 64.2 Å². The van der Waals surface area contributed by atoms with Gasteiger partial charge in [0, 0.05) is 5.33 Å². The summed E-state index contributed by atoms with van der Waals surface area (Å²) in [7, 11) is 6.53. The average Bonchev–Trinajstić information content (AvgIpc) is 2.41. The lowest BCUT2D eigenvalue weighted by atomic mass is 9.52. The molecule has 0 bridgehead atoms. The van der Waals surface area contributed by atoms with Gasteiger partial charge in [-0.1, -0.05) is 94.4 Å². The summed E-state index contributed by atoms with van der Waals surface area (Å²) in [5.41, 5.74) is 0.271. The van der Waals surface area contributed by atoms with E-state index in [-0.39, 0.29) is 10.7 Å². The van der Waals surface area contributed by atoms with Crippen molar-refractivity contribution in [2.75, 3.05) is 5.33 Å². The van der Waals surface area contributed by atoms with Crippen LogP contribution < -0.4 is 0 Å². The first-order chi connectivity index (χ1) is 9.80. The van der Waals surface area contributed by atoms with Crippen LogP contribution >= 0.6 is 15.9 Å². The van der Waals surface area contributed by atoms with Gasteiger partial charge in [0.2, 0.25) is 0 Å². The Hall–Kier alpha value is 0.545. The van der Waals surface area contributed by atoms with Crippen molar-refractivity contribution < 1.29 is 0 Å². The van der Waals surface area contributed by atoms with Gasteiger partial charge < -0.3 is 0 Å². The molecule has 0 aliphatic heterocycles. The lowest BCUT2D eigenvalue weighted by Crippen LogP contribution is -2.31. The first kappa shape index (κ1) is 21.5. The molecule has 0 fully saturated rings. The molecule has 0 heterocycles. The van der Waals surface area contributed by atoms with Crippen LogP contribution in [0.15, 0.2) is 0 Å². The largest absolute Gasteiger partial charge is 0.0928 e. The average molecular weight is 357 g/mol. The quantitative estimate of drug-likeness (QED) is 0.184. The van der Waals surface area contributed by atoms with Gasteiger partial charge in [0.25, 0.3) is 0 Å². The minimum atomic E-state index is -0.0823. The SMILES string of the molecule is [B]C(C)(C)C(C)(CCCCBr)CCC(CC)CCCCC. The third-order valence-corrected chi connectivity index (χ3v) is 6.13. The Balaban J connectivity index is 4.44. The van der Waals surface area contributed by atoms with Crippen molar-refractivity contribution in [3.63, 3.8) is 0 Å². The molecule has 0 aliphatic carbocycles. The van der Waals surface area contributed by atoms with Crippen LogP contribution in [0.4, 0.5) is 0 Å². The lowest BCUT2D eigenvalue weighted by Gasteiger charge is -2.44. The van der Waals surface area contributed by atoms with E-state index in [1.807, 2.05) is 0 Å². The second-order valence-electron chi connectivity index (χ2n) is 7.74. The molecule has 2 heteroatoms. The zero-order valence-corrected chi connectivity index (χ0v) is 16.9. The molecular formula is C19H38BBr. The molecule has 0 nitrogen and oxygen atoms in total. The fourth-order valence-electron chi connectivity index (χ4n) is 3.14. The molecule has 2 unspecified atom stereocenters. The van der Waals surface area contributed by atoms with E-state index in [4.69, 9.17) is 7.85 Å². The zero-order valence-electron chi connectivity index (χ0n) is 15.3. The molecule has 2 atom stereocenters. The predicted octanol–water partition coefficient (Wildman–Crippen LogP) is 7.31. The minimum Gasteiger partial charge on any atom is -0.0928 e. The highest BCUT2D eigenvalue weighted by molar-refractivity contribution is 9.09. The van der Waals surface area contributed by atoms with Gasteiger partial charge in [-0.3, -0.25) is 0 Å². The summed E-state index contributed by atoms with van der Waals surface area (Å²) >= 11 is 3.54. The van der Waals surface area contributed by atoms with E-state index < -0.39 is 0 Å². The van der Waals surface area contributed by atoms with Crippen molar-refractivity contribution in [1.82, 2.24) is 0 Å². The van der Waals surface area contributed by atoms with Crippen LogP contribution in [-0.2, 0) is 0 Å². The third kappa shape index (κ3) is 8.67. The zero-order chi connectivity index (χ0) is 16.4. The van der Waals surface area contributed by atoms with Crippen LogP contribution in [0.1, 0.15) is 98.8 Å². The van der Waals surface area contributed by atoms with E-state index in [0.717, 1.165) is 11.2 Å². The van der Waals surface area contributed by atoms with Crippen molar-refractivity contribution in [1.29, 1.82) is 0 Å². The van der Waals surface area contributed by atoms with Gasteiger partial charge in [-0.25, -0.2) is 0 Å². The van der Waals surface area contributed by atoms with Gasteiger partial charge in [-0.2, -0.15) is 0 Å². The molecule has 124 valence electrons. The Labute approximate surface area is 144 Å². The maximum absolute atomic E-state index is 6.53. The van der Waals surface area contributed by atoms with Gasteiger partial charge >= 0.3 is 0 Å². The number of alkyl halides is 1. The first-order valence-corrected chi connectivity index (χ1v) is 10.3. The highest BCUT2D eigenvalue weighted by Gasteiger charge is 2.36. The van der Waals surface area contributed by atoms with Gasteiger partial charge in [-0.05, 0) is 37.0 Å². The summed E-state index contributed by atoms with van der Waals surface area (Å²) in [5.74, 6) is 0.898. The van der Waals surface area contributed by atoms with Crippen molar-refractivity contribution in [3.05, 3.63) is 0 Å². The van der Waals surface area contributed by atoms with E-state index in [1.54, 1.807) is 0 Å². The Morgan fingerprint density at radius 3 is 2.05 bits per heavy atom. The molecule has 0 saturated carbocycles. The smallest absolute Gasteiger partial charge is 0.0746 e. The summed E-state index contributed by atoms with van der Waals surface area (Å²) < 4.78 is 0. The number of halogens is 1. The lowest BCUT2D eigenvalue weighted by molar-refractivity contribution is 0.170. The summed E-state index contributed by atoms with van der Waals surface area (Å²) in [6.45, 7) is 11.5. The fraction of sp³-hybridized carbons (Fsp3) is 1.00. The van der Waals surface area contributed by atoms with Crippen molar-refractivity contribution in [2.24, 2.45) is 11.3 Å².